The highest BCUT2D eigenvalue weighted by Gasteiger charge is 2.32. The summed E-state index contributed by atoms with van der Waals surface area (Å²) < 4.78 is 0. The molecule has 1 saturated carbocycles. The van der Waals surface area contributed by atoms with Crippen LogP contribution in [0.15, 0.2) is 30.3 Å². The predicted octanol–water partition coefficient (Wildman–Crippen LogP) is 0.286. The van der Waals surface area contributed by atoms with Crippen molar-refractivity contribution in [1.82, 2.24) is 5.32 Å². The molecule has 0 aliphatic heterocycles. The van der Waals surface area contributed by atoms with Gasteiger partial charge in [-0.05, 0) is 18.4 Å². The van der Waals surface area contributed by atoms with Gasteiger partial charge in [0.15, 0.2) is 0 Å². The van der Waals surface area contributed by atoms with Crippen LogP contribution in [0.4, 0.5) is 0 Å². The van der Waals surface area contributed by atoms with Gasteiger partial charge in [0.05, 0.1) is 5.92 Å². The molecule has 2 rings (SSSR count). The number of benzene rings is 1. The molecule has 6 heteroatoms. The van der Waals surface area contributed by atoms with Gasteiger partial charge in [0.1, 0.15) is 6.04 Å². The minimum Gasteiger partial charge on any atom is -0.363 e. The molecule has 0 spiro atoms. The standard InChI is InChI=1S/C17H23N3O3/c18-13-9-5-4-8-12(13)17(23)20-14(15(21)16(19)22)10-11-6-2-1-3-7-11/h1-3,6-7,12-14H,4-5,8-10,18H2,(H2,19,22)(H,20,23)/t12-,13+,14+/m1/s1. The maximum absolute atomic E-state index is 12.4. The van der Waals surface area contributed by atoms with E-state index in [1.54, 1.807) is 0 Å². The maximum atomic E-state index is 12.4. The van der Waals surface area contributed by atoms with Gasteiger partial charge in [0.2, 0.25) is 11.7 Å². The summed E-state index contributed by atoms with van der Waals surface area (Å²) in [7, 11) is 0. The van der Waals surface area contributed by atoms with Gasteiger partial charge in [0, 0.05) is 12.5 Å². The normalized spacial score (nSPS) is 22.1. The summed E-state index contributed by atoms with van der Waals surface area (Å²) >= 11 is 0. The summed E-state index contributed by atoms with van der Waals surface area (Å²) in [6, 6.07) is 8.04. The minimum atomic E-state index is -1.04. The number of Topliss-reactive ketones (excluding diaryl/α,β-unsaturated/α-hetero) is 1. The van der Waals surface area contributed by atoms with E-state index in [4.69, 9.17) is 11.5 Å². The Bertz CT molecular complexity index is 574. The Labute approximate surface area is 135 Å². The van der Waals surface area contributed by atoms with Crippen molar-refractivity contribution in [2.45, 2.75) is 44.2 Å². The minimum absolute atomic E-state index is 0.204. The summed E-state index contributed by atoms with van der Waals surface area (Å²) in [5, 5.41) is 2.68. The van der Waals surface area contributed by atoms with Crippen molar-refractivity contribution in [2.75, 3.05) is 0 Å². The quantitative estimate of drug-likeness (QED) is 0.654. The molecule has 6 nitrogen and oxygen atoms in total. The molecule has 0 saturated heterocycles. The van der Waals surface area contributed by atoms with Crippen LogP contribution >= 0.6 is 0 Å². The van der Waals surface area contributed by atoms with Gasteiger partial charge in [-0.15, -0.1) is 0 Å². The Hall–Kier alpha value is -2.21. The second-order valence-electron chi connectivity index (χ2n) is 6.03. The molecular formula is C17H23N3O3. The number of nitrogens with two attached hydrogens (primary N) is 2. The van der Waals surface area contributed by atoms with Crippen LogP contribution in [0.25, 0.3) is 0 Å². The van der Waals surface area contributed by atoms with Gasteiger partial charge >= 0.3 is 0 Å². The molecule has 1 aliphatic carbocycles. The summed E-state index contributed by atoms with van der Waals surface area (Å²) in [6.07, 6.45) is 3.69. The number of carbonyl (C=O) groups excluding carboxylic acids is 3. The van der Waals surface area contributed by atoms with Crippen molar-refractivity contribution in [3.8, 4) is 0 Å². The highest BCUT2D eigenvalue weighted by atomic mass is 16.2. The molecule has 1 aliphatic rings. The van der Waals surface area contributed by atoms with Gasteiger partial charge in [-0.1, -0.05) is 43.2 Å². The van der Waals surface area contributed by atoms with Crippen molar-refractivity contribution in [1.29, 1.82) is 0 Å². The zero-order chi connectivity index (χ0) is 16.8. The third-order valence-corrected chi connectivity index (χ3v) is 4.31. The van der Waals surface area contributed by atoms with Crippen LogP contribution in [0.3, 0.4) is 0 Å². The molecule has 0 bridgehead atoms. The van der Waals surface area contributed by atoms with E-state index < -0.39 is 17.7 Å². The van der Waals surface area contributed by atoms with E-state index in [-0.39, 0.29) is 24.3 Å². The lowest BCUT2D eigenvalue weighted by Crippen LogP contribution is -2.52. The van der Waals surface area contributed by atoms with E-state index in [9.17, 15) is 14.4 Å². The summed E-state index contributed by atoms with van der Waals surface area (Å²) in [6.45, 7) is 0. The first-order valence-electron chi connectivity index (χ1n) is 7.92. The van der Waals surface area contributed by atoms with E-state index in [1.807, 2.05) is 30.3 Å². The van der Waals surface area contributed by atoms with E-state index in [1.165, 1.54) is 0 Å². The largest absolute Gasteiger partial charge is 0.363 e. The molecule has 5 N–H and O–H groups in total. The fourth-order valence-electron chi connectivity index (χ4n) is 2.99. The van der Waals surface area contributed by atoms with Crippen molar-refractivity contribution >= 4 is 17.6 Å². The lowest BCUT2D eigenvalue weighted by molar-refractivity contribution is -0.139. The van der Waals surface area contributed by atoms with Crippen molar-refractivity contribution < 1.29 is 14.4 Å². The molecule has 1 aromatic carbocycles. The molecule has 124 valence electrons. The number of rotatable bonds is 6. The second-order valence-corrected chi connectivity index (χ2v) is 6.03. The number of nitrogens with one attached hydrogen (secondary N) is 1. The van der Waals surface area contributed by atoms with Gasteiger partial charge in [-0.2, -0.15) is 0 Å². The fourth-order valence-corrected chi connectivity index (χ4v) is 2.99. The lowest BCUT2D eigenvalue weighted by atomic mass is 9.84. The number of primary amides is 1. The van der Waals surface area contributed by atoms with Crippen LogP contribution in [0.2, 0.25) is 0 Å². The Kier molecular flexibility index (Phi) is 5.87. The number of hydrogen-bond acceptors (Lipinski definition) is 4. The first-order valence-corrected chi connectivity index (χ1v) is 7.92. The molecule has 2 amide bonds. The molecule has 3 atom stereocenters. The van der Waals surface area contributed by atoms with Crippen LogP contribution in [-0.4, -0.2) is 29.7 Å². The number of ketones is 1. The predicted molar refractivity (Wildman–Crippen MR) is 86.2 cm³/mol. The number of amides is 2. The Morgan fingerprint density at radius 3 is 2.39 bits per heavy atom. The Morgan fingerprint density at radius 1 is 1.13 bits per heavy atom. The fraction of sp³-hybridized carbons (Fsp3) is 0.471. The highest BCUT2D eigenvalue weighted by Crippen LogP contribution is 2.23. The van der Waals surface area contributed by atoms with Gasteiger partial charge in [0.25, 0.3) is 5.91 Å². The summed E-state index contributed by atoms with van der Waals surface area (Å²) in [5.74, 6) is -2.42. The topological polar surface area (TPSA) is 115 Å². The summed E-state index contributed by atoms with van der Waals surface area (Å²) in [5.41, 5.74) is 12.0. The van der Waals surface area contributed by atoms with Crippen molar-refractivity contribution in [2.24, 2.45) is 17.4 Å². The monoisotopic (exact) mass is 317 g/mol. The number of carbonyl (C=O) groups is 3. The van der Waals surface area contributed by atoms with E-state index >= 15 is 0 Å². The van der Waals surface area contributed by atoms with Crippen LogP contribution in [0.5, 0.6) is 0 Å². The van der Waals surface area contributed by atoms with Gasteiger partial charge in [-0.3, -0.25) is 14.4 Å². The smallest absolute Gasteiger partial charge is 0.287 e. The third-order valence-electron chi connectivity index (χ3n) is 4.31. The van der Waals surface area contributed by atoms with Crippen LogP contribution < -0.4 is 16.8 Å². The zero-order valence-corrected chi connectivity index (χ0v) is 13.0. The highest BCUT2D eigenvalue weighted by molar-refractivity contribution is 6.37. The molecule has 23 heavy (non-hydrogen) atoms. The first kappa shape index (κ1) is 17.1. The van der Waals surface area contributed by atoms with Crippen molar-refractivity contribution in [3.05, 3.63) is 35.9 Å². The molecule has 0 unspecified atom stereocenters. The molecule has 1 aromatic rings. The van der Waals surface area contributed by atoms with E-state index in [0.29, 0.717) is 6.42 Å². The third kappa shape index (κ3) is 4.63. The molecule has 0 aromatic heterocycles. The van der Waals surface area contributed by atoms with Gasteiger partial charge in [-0.25, -0.2) is 0 Å². The molecular weight excluding hydrogens is 294 g/mol. The maximum Gasteiger partial charge on any atom is 0.287 e. The second kappa shape index (κ2) is 7.87. The van der Waals surface area contributed by atoms with Crippen LogP contribution in [-0.2, 0) is 20.8 Å². The Balaban J connectivity index is 2.09. The Morgan fingerprint density at radius 2 is 1.78 bits per heavy atom. The average molecular weight is 317 g/mol. The van der Waals surface area contributed by atoms with Crippen LogP contribution in [0, 0.1) is 5.92 Å². The number of hydrogen-bond donors (Lipinski definition) is 3. The van der Waals surface area contributed by atoms with Gasteiger partial charge < -0.3 is 16.8 Å². The first-order chi connectivity index (χ1) is 11.0. The van der Waals surface area contributed by atoms with E-state index in [0.717, 1.165) is 24.8 Å². The summed E-state index contributed by atoms with van der Waals surface area (Å²) in [4.78, 5) is 35.7. The van der Waals surface area contributed by atoms with Crippen molar-refractivity contribution in [3.63, 3.8) is 0 Å². The average Bonchev–Trinajstić information content (AvgIpc) is 2.54. The SMILES string of the molecule is NC(=O)C(=O)[C@H](Cc1ccccc1)NC(=O)[C@@H]1CCCC[C@@H]1N. The molecule has 0 heterocycles. The van der Waals surface area contributed by atoms with Crippen LogP contribution in [0.1, 0.15) is 31.2 Å². The molecule has 1 fully saturated rings. The lowest BCUT2D eigenvalue weighted by Gasteiger charge is -2.29. The zero-order valence-electron chi connectivity index (χ0n) is 13.0. The molecule has 0 radical (unpaired) electrons. The van der Waals surface area contributed by atoms with E-state index in [2.05, 4.69) is 5.32 Å².